The quantitative estimate of drug-likeness (QED) is 0.502. The second-order valence-electron chi connectivity index (χ2n) is 7.34. The van der Waals surface area contributed by atoms with Gasteiger partial charge in [-0.05, 0) is 44.0 Å². The van der Waals surface area contributed by atoms with E-state index in [-0.39, 0.29) is 12.0 Å². The molecule has 0 saturated carbocycles. The first-order chi connectivity index (χ1) is 12.6. The van der Waals surface area contributed by atoms with Crippen LogP contribution in [0.1, 0.15) is 71.3 Å². The third kappa shape index (κ3) is 6.74. The summed E-state index contributed by atoms with van der Waals surface area (Å²) in [5.41, 5.74) is 2.06. The van der Waals surface area contributed by atoms with Crippen LogP contribution >= 0.6 is 0 Å². The van der Waals surface area contributed by atoms with E-state index in [1.165, 1.54) is 38.5 Å². The van der Waals surface area contributed by atoms with E-state index in [2.05, 4.69) is 17.2 Å². The van der Waals surface area contributed by atoms with Crippen LogP contribution in [-0.2, 0) is 11.2 Å². The van der Waals surface area contributed by atoms with Crippen LogP contribution in [0.2, 0.25) is 0 Å². The minimum Gasteiger partial charge on any atom is -0.491 e. The molecule has 0 bridgehead atoms. The fourth-order valence-corrected chi connectivity index (χ4v) is 3.19. The Morgan fingerprint density at radius 2 is 1.85 bits per heavy atom. The molecule has 144 valence electrons. The second kappa shape index (κ2) is 10.9. The zero-order valence-electron chi connectivity index (χ0n) is 16.6. The van der Waals surface area contributed by atoms with Crippen molar-refractivity contribution in [2.24, 2.45) is 0 Å². The number of rotatable bonds is 12. The predicted molar refractivity (Wildman–Crippen MR) is 109 cm³/mol. The molecule has 4 nitrogen and oxygen atoms in total. The summed E-state index contributed by atoms with van der Waals surface area (Å²) in [6, 6.07) is 5.99. The zero-order chi connectivity index (χ0) is 18.8. The first kappa shape index (κ1) is 20.3. The van der Waals surface area contributed by atoms with E-state index in [1.54, 1.807) is 0 Å². The van der Waals surface area contributed by atoms with Crippen LogP contribution in [0.4, 0.5) is 0 Å². The van der Waals surface area contributed by atoms with Crippen molar-refractivity contribution in [3.63, 3.8) is 0 Å². The number of ether oxygens (including phenoxy) is 1. The molecule has 0 saturated heterocycles. The Hall–Kier alpha value is -1.97. The number of fused-ring (bicyclic) bond motifs is 1. The van der Waals surface area contributed by atoms with Gasteiger partial charge in [0.1, 0.15) is 5.75 Å². The van der Waals surface area contributed by atoms with Crippen molar-refractivity contribution in [1.82, 2.24) is 10.3 Å². The molecule has 0 radical (unpaired) electrons. The number of carbonyl (C=O) groups excluding carboxylic acids is 1. The molecule has 1 aromatic carbocycles. The van der Waals surface area contributed by atoms with Gasteiger partial charge in [-0.3, -0.25) is 4.79 Å². The Labute approximate surface area is 157 Å². The number of aromatic nitrogens is 1. The highest BCUT2D eigenvalue weighted by atomic mass is 16.5. The summed E-state index contributed by atoms with van der Waals surface area (Å²) < 4.78 is 5.76. The van der Waals surface area contributed by atoms with Gasteiger partial charge in [0.15, 0.2) is 0 Å². The lowest BCUT2D eigenvalue weighted by molar-refractivity contribution is -0.120. The number of benzene rings is 1. The van der Waals surface area contributed by atoms with Gasteiger partial charge in [-0.2, -0.15) is 0 Å². The van der Waals surface area contributed by atoms with Crippen molar-refractivity contribution in [3.8, 4) is 5.75 Å². The number of hydrogen-bond donors (Lipinski definition) is 2. The summed E-state index contributed by atoms with van der Waals surface area (Å²) in [4.78, 5) is 15.5. The highest BCUT2D eigenvalue weighted by molar-refractivity contribution is 5.89. The first-order valence-corrected chi connectivity index (χ1v) is 10.1. The van der Waals surface area contributed by atoms with Crippen LogP contribution in [-0.4, -0.2) is 23.5 Å². The van der Waals surface area contributed by atoms with E-state index in [1.807, 2.05) is 38.2 Å². The van der Waals surface area contributed by atoms with Crippen LogP contribution < -0.4 is 10.1 Å². The summed E-state index contributed by atoms with van der Waals surface area (Å²) in [6.45, 7) is 7.04. The maximum atomic E-state index is 12.2. The Bertz CT molecular complexity index is 676. The molecule has 1 amide bonds. The summed E-state index contributed by atoms with van der Waals surface area (Å²) in [5.74, 6) is 0.934. The van der Waals surface area contributed by atoms with Gasteiger partial charge < -0.3 is 15.0 Å². The largest absolute Gasteiger partial charge is 0.491 e. The van der Waals surface area contributed by atoms with Crippen molar-refractivity contribution in [2.75, 3.05) is 6.54 Å². The maximum absolute atomic E-state index is 12.2. The maximum Gasteiger partial charge on any atom is 0.224 e. The Kier molecular flexibility index (Phi) is 8.52. The van der Waals surface area contributed by atoms with Gasteiger partial charge >= 0.3 is 0 Å². The molecule has 26 heavy (non-hydrogen) atoms. The van der Waals surface area contributed by atoms with E-state index >= 15 is 0 Å². The average Bonchev–Trinajstić information content (AvgIpc) is 2.99. The van der Waals surface area contributed by atoms with Gasteiger partial charge in [-0.1, -0.05) is 45.4 Å². The third-order valence-electron chi connectivity index (χ3n) is 4.56. The molecule has 1 heterocycles. The molecule has 0 aliphatic heterocycles. The lowest BCUT2D eigenvalue weighted by Gasteiger charge is -2.10. The molecule has 0 aliphatic rings. The van der Waals surface area contributed by atoms with Crippen LogP contribution in [0.25, 0.3) is 10.9 Å². The number of unbranched alkanes of at least 4 members (excludes halogenated alkanes) is 6. The van der Waals surface area contributed by atoms with Crippen LogP contribution in [0.15, 0.2) is 24.4 Å². The van der Waals surface area contributed by atoms with Crippen molar-refractivity contribution in [1.29, 1.82) is 0 Å². The SMILES string of the molecule is CCCCCCCCCNC(=O)Cc1c[nH]c2ccc(OC(C)C)cc12. The average molecular weight is 359 g/mol. The van der Waals surface area contributed by atoms with Gasteiger partial charge in [-0.25, -0.2) is 0 Å². The predicted octanol–water partition coefficient (Wildman–Crippen LogP) is 5.36. The highest BCUT2D eigenvalue weighted by Gasteiger charge is 2.10. The van der Waals surface area contributed by atoms with Gasteiger partial charge in [0.2, 0.25) is 5.91 Å². The van der Waals surface area contributed by atoms with Gasteiger partial charge in [0.25, 0.3) is 0 Å². The summed E-state index contributed by atoms with van der Waals surface area (Å²) in [5, 5.41) is 4.11. The molecular weight excluding hydrogens is 324 g/mol. The summed E-state index contributed by atoms with van der Waals surface area (Å²) in [6.07, 6.45) is 11.3. The molecular formula is C22H34N2O2. The number of nitrogens with one attached hydrogen (secondary N) is 2. The number of carbonyl (C=O) groups is 1. The molecule has 0 unspecified atom stereocenters. The summed E-state index contributed by atoms with van der Waals surface area (Å²) in [7, 11) is 0. The van der Waals surface area contributed by atoms with Crippen LogP contribution in [0, 0.1) is 0 Å². The van der Waals surface area contributed by atoms with E-state index in [4.69, 9.17) is 4.74 Å². The minimum atomic E-state index is 0.0899. The zero-order valence-corrected chi connectivity index (χ0v) is 16.6. The molecule has 2 aromatic rings. The van der Waals surface area contributed by atoms with Crippen molar-refractivity contribution in [2.45, 2.75) is 78.2 Å². The van der Waals surface area contributed by atoms with Gasteiger partial charge in [0.05, 0.1) is 12.5 Å². The molecule has 2 rings (SSSR count). The number of amides is 1. The minimum absolute atomic E-state index is 0.0899. The lowest BCUT2D eigenvalue weighted by atomic mass is 10.1. The van der Waals surface area contributed by atoms with Crippen molar-refractivity contribution < 1.29 is 9.53 Å². The topological polar surface area (TPSA) is 54.1 Å². The summed E-state index contributed by atoms with van der Waals surface area (Å²) >= 11 is 0. The molecule has 0 atom stereocenters. The normalized spacial score (nSPS) is 11.2. The molecule has 2 N–H and O–H groups in total. The standard InChI is InChI=1S/C22H34N2O2/c1-4-5-6-7-8-9-10-13-23-22(25)14-18-16-24-21-12-11-19(15-20(18)21)26-17(2)3/h11-12,15-17,24H,4-10,13-14H2,1-3H3,(H,23,25). The smallest absolute Gasteiger partial charge is 0.224 e. The molecule has 0 aliphatic carbocycles. The number of aromatic amines is 1. The fraction of sp³-hybridized carbons (Fsp3) is 0.591. The Morgan fingerprint density at radius 1 is 1.12 bits per heavy atom. The fourth-order valence-electron chi connectivity index (χ4n) is 3.19. The van der Waals surface area contributed by atoms with Gasteiger partial charge in [0, 0.05) is 23.6 Å². The monoisotopic (exact) mass is 358 g/mol. The Morgan fingerprint density at radius 3 is 2.58 bits per heavy atom. The van der Waals surface area contributed by atoms with Crippen molar-refractivity contribution in [3.05, 3.63) is 30.0 Å². The number of H-pyrrole nitrogens is 1. The first-order valence-electron chi connectivity index (χ1n) is 10.1. The van der Waals surface area contributed by atoms with E-state index < -0.39 is 0 Å². The number of hydrogen-bond acceptors (Lipinski definition) is 2. The Balaban J connectivity index is 1.76. The van der Waals surface area contributed by atoms with E-state index in [0.29, 0.717) is 6.42 Å². The van der Waals surface area contributed by atoms with E-state index in [0.717, 1.165) is 35.2 Å². The van der Waals surface area contributed by atoms with E-state index in [9.17, 15) is 4.79 Å². The molecule has 0 fully saturated rings. The van der Waals surface area contributed by atoms with Crippen LogP contribution in [0.5, 0.6) is 5.75 Å². The van der Waals surface area contributed by atoms with Crippen LogP contribution in [0.3, 0.4) is 0 Å². The molecule has 1 aromatic heterocycles. The van der Waals surface area contributed by atoms with Crippen molar-refractivity contribution >= 4 is 16.8 Å². The van der Waals surface area contributed by atoms with Gasteiger partial charge in [-0.15, -0.1) is 0 Å². The highest BCUT2D eigenvalue weighted by Crippen LogP contribution is 2.24. The molecule has 4 heteroatoms. The molecule has 0 spiro atoms. The second-order valence-corrected chi connectivity index (χ2v) is 7.34. The lowest BCUT2D eigenvalue weighted by Crippen LogP contribution is -2.26. The third-order valence-corrected chi connectivity index (χ3v) is 4.56.